The van der Waals surface area contributed by atoms with Gasteiger partial charge in [-0.3, -0.25) is 10.1 Å². The van der Waals surface area contributed by atoms with E-state index in [9.17, 15) is 18.0 Å². The molecule has 0 aliphatic carbocycles. The Labute approximate surface area is 120 Å². The summed E-state index contributed by atoms with van der Waals surface area (Å²) in [5.41, 5.74) is -0.742. The standard InChI is InChI=1S/C11H24N4O4S/c1-6-12-10(17)14-9(16)8(2)13-7-11(3,4)15-20(5,18)19/h8,13,15H,6-7H2,1-5H3,(H2,12,14,16,17). The van der Waals surface area contributed by atoms with Gasteiger partial charge in [0, 0.05) is 18.6 Å². The molecule has 0 saturated carbocycles. The zero-order chi connectivity index (χ0) is 16.0. The molecule has 0 aromatic carbocycles. The highest BCUT2D eigenvalue weighted by Crippen LogP contribution is 2.02. The van der Waals surface area contributed by atoms with Gasteiger partial charge in [0.25, 0.3) is 0 Å². The van der Waals surface area contributed by atoms with Crippen LogP contribution in [-0.2, 0) is 14.8 Å². The van der Waals surface area contributed by atoms with Gasteiger partial charge >= 0.3 is 6.03 Å². The Morgan fingerprint density at radius 3 is 2.25 bits per heavy atom. The van der Waals surface area contributed by atoms with Crippen molar-refractivity contribution in [2.45, 2.75) is 39.3 Å². The molecule has 0 spiro atoms. The van der Waals surface area contributed by atoms with Crippen LogP contribution in [-0.4, -0.2) is 51.3 Å². The van der Waals surface area contributed by atoms with E-state index in [1.54, 1.807) is 27.7 Å². The molecule has 9 heteroatoms. The van der Waals surface area contributed by atoms with Crippen molar-refractivity contribution < 1.29 is 18.0 Å². The van der Waals surface area contributed by atoms with Crippen molar-refractivity contribution in [3.05, 3.63) is 0 Å². The molecule has 118 valence electrons. The Hall–Kier alpha value is -1.19. The fourth-order valence-electron chi connectivity index (χ4n) is 1.46. The molecule has 3 amide bonds. The number of nitrogens with one attached hydrogen (secondary N) is 4. The molecule has 20 heavy (non-hydrogen) atoms. The van der Waals surface area contributed by atoms with Gasteiger partial charge in [0.05, 0.1) is 12.3 Å². The molecule has 0 aliphatic rings. The van der Waals surface area contributed by atoms with Crippen molar-refractivity contribution in [1.29, 1.82) is 0 Å². The van der Waals surface area contributed by atoms with Crippen LogP contribution in [0.15, 0.2) is 0 Å². The van der Waals surface area contributed by atoms with Gasteiger partial charge in [-0.15, -0.1) is 0 Å². The molecule has 0 rings (SSSR count). The first-order valence-electron chi connectivity index (χ1n) is 6.28. The smallest absolute Gasteiger partial charge is 0.321 e. The van der Waals surface area contributed by atoms with Crippen LogP contribution >= 0.6 is 0 Å². The predicted molar refractivity (Wildman–Crippen MR) is 76.7 cm³/mol. The molecule has 0 saturated heterocycles. The van der Waals surface area contributed by atoms with Gasteiger partial charge in [-0.05, 0) is 27.7 Å². The van der Waals surface area contributed by atoms with E-state index in [-0.39, 0.29) is 6.54 Å². The third kappa shape index (κ3) is 8.83. The zero-order valence-electron chi connectivity index (χ0n) is 12.5. The second kappa shape index (κ2) is 7.55. The van der Waals surface area contributed by atoms with Crippen LogP contribution in [0, 0.1) is 0 Å². The SMILES string of the molecule is CCNC(=O)NC(=O)C(C)NCC(C)(C)NS(C)(=O)=O. The van der Waals surface area contributed by atoms with Gasteiger partial charge in [-0.25, -0.2) is 17.9 Å². The number of amides is 3. The average molecular weight is 308 g/mol. The van der Waals surface area contributed by atoms with E-state index in [4.69, 9.17) is 0 Å². The first-order chi connectivity index (χ1) is 8.97. The summed E-state index contributed by atoms with van der Waals surface area (Å²) < 4.78 is 24.8. The fraction of sp³-hybridized carbons (Fsp3) is 0.818. The molecule has 0 heterocycles. The van der Waals surface area contributed by atoms with Crippen LogP contribution in [0.25, 0.3) is 0 Å². The first kappa shape index (κ1) is 18.8. The number of imide groups is 1. The summed E-state index contributed by atoms with van der Waals surface area (Å²) in [6, 6.07) is -1.18. The average Bonchev–Trinajstić information content (AvgIpc) is 2.22. The number of carbonyl (C=O) groups is 2. The van der Waals surface area contributed by atoms with E-state index in [0.29, 0.717) is 6.54 Å². The van der Waals surface area contributed by atoms with E-state index in [2.05, 4.69) is 20.7 Å². The third-order valence-electron chi connectivity index (χ3n) is 2.28. The number of rotatable bonds is 7. The minimum atomic E-state index is -3.33. The molecule has 4 N–H and O–H groups in total. The lowest BCUT2D eigenvalue weighted by Gasteiger charge is -2.27. The van der Waals surface area contributed by atoms with Crippen molar-refractivity contribution in [3.63, 3.8) is 0 Å². The first-order valence-corrected chi connectivity index (χ1v) is 8.17. The van der Waals surface area contributed by atoms with Gasteiger partial charge in [0.1, 0.15) is 0 Å². The van der Waals surface area contributed by atoms with Crippen molar-refractivity contribution in [3.8, 4) is 0 Å². The van der Waals surface area contributed by atoms with Crippen molar-refractivity contribution in [1.82, 2.24) is 20.7 Å². The Kier molecular flexibility index (Phi) is 7.11. The van der Waals surface area contributed by atoms with E-state index in [0.717, 1.165) is 6.26 Å². The number of sulfonamides is 1. The Morgan fingerprint density at radius 2 is 1.80 bits per heavy atom. The van der Waals surface area contributed by atoms with Crippen LogP contribution in [0.5, 0.6) is 0 Å². The van der Waals surface area contributed by atoms with Crippen LogP contribution in [0.1, 0.15) is 27.7 Å². The lowest BCUT2D eigenvalue weighted by atomic mass is 10.1. The lowest BCUT2D eigenvalue weighted by Crippen LogP contribution is -2.55. The minimum absolute atomic E-state index is 0.240. The maximum absolute atomic E-state index is 11.7. The molecular weight excluding hydrogens is 284 g/mol. The zero-order valence-corrected chi connectivity index (χ0v) is 13.3. The Morgan fingerprint density at radius 1 is 1.25 bits per heavy atom. The number of hydrogen-bond donors (Lipinski definition) is 4. The highest BCUT2D eigenvalue weighted by Gasteiger charge is 2.24. The summed E-state index contributed by atoms with van der Waals surface area (Å²) in [6.45, 7) is 7.37. The van der Waals surface area contributed by atoms with Gasteiger partial charge in [0.2, 0.25) is 15.9 Å². The summed E-state index contributed by atoms with van der Waals surface area (Å²) >= 11 is 0. The van der Waals surface area contributed by atoms with Gasteiger partial charge in [0.15, 0.2) is 0 Å². The molecule has 0 bridgehead atoms. The summed E-state index contributed by atoms with van der Waals surface area (Å²) in [5.74, 6) is -0.480. The van der Waals surface area contributed by atoms with E-state index in [1.807, 2.05) is 0 Å². The summed E-state index contributed by atoms with van der Waals surface area (Å²) in [4.78, 5) is 22.8. The second-order valence-electron chi connectivity index (χ2n) is 5.21. The molecule has 1 atom stereocenters. The largest absolute Gasteiger partial charge is 0.338 e. The molecule has 0 fully saturated rings. The molecule has 1 unspecified atom stereocenters. The minimum Gasteiger partial charge on any atom is -0.338 e. The van der Waals surface area contributed by atoms with Crippen molar-refractivity contribution in [2.75, 3.05) is 19.3 Å². The Balaban J connectivity index is 4.30. The quantitative estimate of drug-likeness (QED) is 0.488. The van der Waals surface area contributed by atoms with E-state index in [1.165, 1.54) is 0 Å². The molecule has 0 aromatic rings. The molecule has 0 aromatic heterocycles. The van der Waals surface area contributed by atoms with E-state index >= 15 is 0 Å². The number of carbonyl (C=O) groups excluding carboxylic acids is 2. The van der Waals surface area contributed by atoms with Gasteiger partial charge in [-0.1, -0.05) is 0 Å². The van der Waals surface area contributed by atoms with Crippen LogP contribution in [0.3, 0.4) is 0 Å². The molecular formula is C11H24N4O4S. The van der Waals surface area contributed by atoms with E-state index < -0.39 is 33.5 Å². The lowest BCUT2D eigenvalue weighted by molar-refractivity contribution is -0.121. The number of urea groups is 1. The van der Waals surface area contributed by atoms with Gasteiger partial charge in [-0.2, -0.15) is 0 Å². The highest BCUT2D eigenvalue weighted by atomic mass is 32.2. The Bertz CT molecular complexity index is 447. The predicted octanol–water partition coefficient (Wildman–Crippen LogP) is -0.862. The fourth-order valence-corrected chi connectivity index (χ4v) is 2.54. The molecule has 8 nitrogen and oxygen atoms in total. The van der Waals surface area contributed by atoms with Crippen LogP contribution in [0.2, 0.25) is 0 Å². The van der Waals surface area contributed by atoms with Crippen LogP contribution in [0.4, 0.5) is 4.79 Å². The molecule has 0 radical (unpaired) electrons. The highest BCUT2D eigenvalue weighted by molar-refractivity contribution is 7.88. The number of hydrogen-bond acceptors (Lipinski definition) is 5. The normalized spacial score (nSPS) is 13.7. The third-order valence-corrected chi connectivity index (χ3v) is 3.20. The topological polar surface area (TPSA) is 116 Å². The van der Waals surface area contributed by atoms with Crippen molar-refractivity contribution in [2.24, 2.45) is 0 Å². The maximum atomic E-state index is 11.7. The maximum Gasteiger partial charge on any atom is 0.321 e. The monoisotopic (exact) mass is 308 g/mol. The molecule has 0 aliphatic heterocycles. The second-order valence-corrected chi connectivity index (χ2v) is 6.96. The summed E-state index contributed by atoms with van der Waals surface area (Å²) in [5, 5.41) is 7.49. The summed E-state index contributed by atoms with van der Waals surface area (Å²) in [7, 11) is -3.33. The van der Waals surface area contributed by atoms with Crippen molar-refractivity contribution >= 4 is 22.0 Å². The summed E-state index contributed by atoms with van der Waals surface area (Å²) in [6.07, 6.45) is 1.07. The van der Waals surface area contributed by atoms with Crippen LogP contribution < -0.4 is 20.7 Å². The van der Waals surface area contributed by atoms with Gasteiger partial charge < -0.3 is 10.6 Å².